The molecule has 1 fully saturated rings. The van der Waals surface area contributed by atoms with E-state index in [2.05, 4.69) is 24.5 Å². The van der Waals surface area contributed by atoms with Crippen LogP contribution in [-0.2, 0) is 0 Å². The Morgan fingerprint density at radius 3 is 1.87 bits per heavy atom. The number of hydrogen-bond donors (Lipinski definition) is 9. The fourth-order valence-electron chi connectivity index (χ4n) is 2.40. The molecule has 0 bridgehead atoms. The quantitative estimate of drug-likeness (QED) is 0.225. The molecular formula is C14H32N2O7. The summed E-state index contributed by atoms with van der Waals surface area (Å²) in [6, 6.07) is -1.60. The van der Waals surface area contributed by atoms with E-state index in [-0.39, 0.29) is 6.42 Å². The maximum absolute atomic E-state index is 9.93. The highest BCUT2D eigenvalue weighted by atomic mass is 16.4. The molecule has 0 spiro atoms. The first kappa shape index (κ1) is 22.6. The fourth-order valence-corrected chi connectivity index (χ4v) is 2.40. The molecule has 9 heteroatoms. The molecule has 0 radical (unpaired) electrons. The number of nitrogens with one attached hydrogen (secondary N) is 2. The Labute approximate surface area is 136 Å². The second kappa shape index (κ2) is 11.2. The van der Waals surface area contributed by atoms with Crippen molar-refractivity contribution < 1.29 is 35.7 Å². The van der Waals surface area contributed by atoms with Gasteiger partial charge in [0.2, 0.25) is 0 Å². The van der Waals surface area contributed by atoms with Crippen LogP contribution in [0.15, 0.2) is 0 Å². The van der Waals surface area contributed by atoms with Crippen molar-refractivity contribution in [1.29, 1.82) is 0 Å². The van der Waals surface area contributed by atoms with Gasteiger partial charge in [-0.15, -0.1) is 0 Å². The Bertz CT molecular complexity index is 305. The summed E-state index contributed by atoms with van der Waals surface area (Å²) < 4.78 is 0. The summed E-state index contributed by atoms with van der Waals surface area (Å²) in [5.74, 6) is 0. The minimum atomic E-state index is -1.94. The van der Waals surface area contributed by atoms with Gasteiger partial charge in [0.1, 0.15) is 17.8 Å². The molecule has 0 heterocycles. The van der Waals surface area contributed by atoms with Crippen LogP contribution in [-0.4, -0.2) is 105 Å². The lowest BCUT2D eigenvalue weighted by Gasteiger charge is -2.46. The Kier molecular flexibility index (Phi) is 11.1. The topological polar surface area (TPSA) is 166 Å². The van der Waals surface area contributed by atoms with Gasteiger partial charge in [-0.3, -0.25) is 0 Å². The summed E-state index contributed by atoms with van der Waals surface area (Å²) in [4.78, 5) is 0. The molecule has 5 atom stereocenters. The van der Waals surface area contributed by atoms with Gasteiger partial charge in [0.25, 0.3) is 0 Å². The molecule has 0 unspecified atom stereocenters. The van der Waals surface area contributed by atoms with Gasteiger partial charge in [-0.2, -0.15) is 0 Å². The molecule has 1 saturated carbocycles. The predicted octanol–water partition coefficient (Wildman–Crippen LogP) is -3.88. The van der Waals surface area contributed by atoms with Crippen LogP contribution >= 0.6 is 0 Å². The number of aliphatic hydroxyl groups excluding tert-OH is 6. The zero-order chi connectivity index (χ0) is 18.0. The largest absolute Gasteiger partial charge is 0.395 e. The van der Waals surface area contributed by atoms with Gasteiger partial charge in [0, 0.05) is 6.04 Å². The first-order valence-corrected chi connectivity index (χ1v) is 7.87. The van der Waals surface area contributed by atoms with Crippen LogP contribution in [0, 0.1) is 0 Å². The van der Waals surface area contributed by atoms with Gasteiger partial charge in [-0.25, -0.2) is 0 Å². The number of hydrogen-bond acceptors (Lipinski definition) is 9. The highest BCUT2D eigenvalue weighted by molar-refractivity contribution is 5.05. The molecule has 0 aliphatic heterocycles. The van der Waals surface area contributed by atoms with Crippen molar-refractivity contribution in [3.05, 3.63) is 0 Å². The van der Waals surface area contributed by atoms with Gasteiger partial charge >= 0.3 is 0 Å². The van der Waals surface area contributed by atoms with Gasteiger partial charge in [0.05, 0.1) is 32.0 Å². The summed E-state index contributed by atoms with van der Waals surface area (Å²) in [6.07, 6.45) is -4.91. The van der Waals surface area contributed by atoms with E-state index in [9.17, 15) is 20.4 Å². The third-order valence-electron chi connectivity index (χ3n) is 3.87. The van der Waals surface area contributed by atoms with E-state index in [0.717, 1.165) is 13.1 Å². The van der Waals surface area contributed by atoms with E-state index in [4.69, 9.17) is 15.3 Å². The van der Waals surface area contributed by atoms with Crippen LogP contribution in [0.1, 0.15) is 20.3 Å². The molecular weight excluding hydrogens is 308 g/mol. The van der Waals surface area contributed by atoms with E-state index in [1.807, 2.05) is 0 Å². The molecule has 0 aromatic heterocycles. The summed E-state index contributed by atoms with van der Waals surface area (Å²) >= 11 is 0. The standard InChI is InChI=1S/C10H21NO7.C4H11N/c12-2-5(3-13)11-6-1-10(18,4-14)9(17)8(16)7(6)15;1-3-5-4-2/h5-9,11-18H,1-4H2;5H,3-4H2,1-2H3/t6-,7-,8+,9-,10-;/m0./s1. The SMILES string of the molecule is CCNCC.OCC(CO)N[C@H]1C[C@](O)(CO)[C@@H](O)[C@H](O)[C@H]1O. The lowest BCUT2D eigenvalue weighted by Crippen LogP contribution is -2.68. The van der Waals surface area contributed by atoms with Crippen LogP contribution in [0.25, 0.3) is 0 Å². The third kappa shape index (κ3) is 6.57. The van der Waals surface area contributed by atoms with Crippen molar-refractivity contribution >= 4 is 0 Å². The molecule has 140 valence electrons. The lowest BCUT2D eigenvalue weighted by atomic mass is 9.76. The Balaban J connectivity index is 0.000000841. The van der Waals surface area contributed by atoms with Crippen molar-refractivity contribution in [2.24, 2.45) is 0 Å². The molecule has 23 heavy (non-hydrogen) atoms. The smallest absolute Gasteiger partial charge is 0.118 e. The molecule has 0 amide bonds. The average molecular weight is 340 g/mol. The van der Waals surface area contributed by atoms with Gasteiger partial charge in [0.15, 0.2) is 0 Å². The molecule has 0 saturated heterocycles. The summed E-state index contributed by atoms with van der Waals surface area (Å²) in [5.41, 5.74) is -1.94. The molecule has 1 aliphatic rings. The normalized spacial score (nSPS) is 34.2. The summed E-state index contributed by atoms with van der Waals surface area (Å²) in [7, 11) is 0. The molecule has 9 N–H and O–H groups in total. The Morgan fingerprint density at radius 1 is 1.00 bits per heavy atom. The second-order valence-corrected chi connectivity index (χ2v) is 5.68. The maximum Gasteiger partial charge on any atom is 0.118 e. The zero-order valence-electron chi connectivity index (χ0n) is 13.8. The van der Waals surface area contributed by atoms with Crippen LogP contribution in [0.3, 0.4) is 0 Å². The van der Waals surface area contributed by atoms with Crippen molar-refractivity contribution in [1.82, 2.24) is 10.6 Å². The fraction of sp³-hybridized carbons (Fsp3) is 1.00. The van der Waals surface area contributed by atoms with Crippen LogP contribution in [0.5, 0.6) is 0 Å². The highest BCUT2D eigenvalue weighted by Crippen LogP contribution is 2.29. The first-order valence-electron chi connectivity index (χ1n) is 7.87. The molecule has 0 aromatic carbocycles. The van der Waals surface area contributed by atoms with E-state index in [0.29, 0.717) is 0 Å². The lowest BCUT2D eigenvalue weighted by molar-refractivity contribution is -0.207. The Morgan fingerprint density at radius 2 is 1.52 bits per heavy atom. The van der Waals surface area contributed by atoms with Gasteiger partial charge in [-0.05, 0) is 19.5 Å². The molecule has 1 aliphatic carbocycles. The van der Waals surface area contributed by atoms with Crippen molar-refractivity contribution in [3.8, 4) is 0 Å². The summed E-state index contributed by atoms with van der Waals surface area (Å²) in [5, 5.41) is 71.5. The number of aliphatic hydroxyl groups is 7. The van der Waals surface area contributed by atoms with Gasteiger partial charge in [-0.1, -0.05) is 13.8 Å². The average Bonchev–Trinajstić information content (AvgIpc) is 2.56. The first-order chi connectivity index (χ1) is 10.8. The molecule has 9 nitrogen and oxygen atoms in total. The number of rotatable bonds is 7. The van der Waals surface area contributed by atoms with Crippen LogP contribution in [0.4, 0.5) is 0 Å². The van der Waals surface area contributed by atoms with E-state index in [1.54, 1.807) is 0 Å². The van der Waals surface area contributed by atoms with Crippen LogP contribution in [0.2, 0.25) is 0 Å². The van der Waals surface area contributed by atoms with E-state index in [1.165, 1.54) is 0 Å². The maximum atomic E-state index is 9.93. The Hall–Kier alpha value is -0.360. The van der Waals surface area contributed by atoms with Gasteiger partial charge < -0.3 is 46.4 Å². The van der Waals surface area contributed by atoms with Crippen LogP contribution < -0.4 is 10.6 Å². The van der Waals surface area contributed by atoms with Crippen molar-refractivity contribution in [2.75, 3.05) is 32.9 Å². The minimum absolute atomic E-state index is 0.223. The summed E-state index contributed by atoms with van der Waals surface area (Å²) in [6.45, 7) is 4.82. The zero-order valence-corrected chi connectivity index (χ0v) is 13.8. The third-order valence-corrected chi connectivity index (χ3v) is 3.87. The van der Waals surface area contributed by atoms with Crippen molar-refractivity contribution in [2.45, 2.75) is 56.3 Å². The molecule has 0 aromatic rings. The second-order valence-electron chi connectivity index (χ2n) is 5.68. The van der Waals surface area contributed by atoms with E-state index >= 15 is 0 Å². The van der Waals surface area contributed by atoms with E-state index < -0.39 is 55.8 Å². The molecule has 1 rings (SSSR count). The highest BCUT2D eigenvalue weighted by Gasteiger charge is 2.51. The predicted molar refractivity (Wildman–Crippen MR) is 83.8 cm³/mol. The monoisotopic (exact) mass is 340 g/mol. The minimum Gasteiger partial charge on any atom is -0.395 e. The van der Waals surface area contributed by atoms with Crippen molar-refractivity contribution in [3.63, 3.8) is 0 Å².